The van der Waals surface area contributed by atoms with Gasteiger partial charge in [0.25, 0.3) is 5.56 Å². The van der Waals surface area contributed by atoms with Gasteiger partial charge in [0, 0.05) is 5.02 Å². The maximum absolute atomic E-state index is 12.9. The second-order valence-corrected chi connectivity index (χ2v) is 6.66. The highest BCUT2D eigenvalue weighted by Crippen LogP contribution is 2.27. The van der Waals surface area contributed by atoms with Crippen LogP contribution in [0.15, 0.2) is 52.4 Å². The first-order valence-electron chi connectivity index (χ1n) is 6.72. The molecule has 6 heteroatoms. The van der Waals surface area contributed by atoms with Gasteiger partial charge in [-0.15, -0.1) is 0 Å². The van der Waals surface area contributed by atoms with Gasteiger partial charge < -0.3 is 0 Å². The maximum Gasteiger partial charge on any atom is 0.266 e. The molecule has 22 heavy (non-hydrogen) atoms. The number of hydrogen-bond donors (Lipinski definition) is 0. The third kappa shape index (κ3) is 2.74. The molecule has 1 heterocycles. The van der Waals surface area contributed by atoms with Crippen LogP contribution in [0, 0.1) is 0 Å². The highest BCUT2D eigenvalue weighted by molar-refractivity contribution is 7.99. The Kier molecular flexibility index (Phi) is 4.43. The standard InChI is InChI=1S/C16H12Cl2N2OS/c1-2-22-16-19-13-6-4-3-5-11(13)15(21)20(16)14-9-10(17)7-8-12(14)18/h3-9H,2H2,1H3. The molecule has 0 saturated heterocycles. The molecule has 0 aliphatic rings. The molecule has 112 valence electrons. The van der Waals surface area contributed by atoms with Gasteiger partial charge >= 0.3 is 0 Å². The third-order valence-corrected chi connectivity index (χ3v) is 4.54. The van der Waals surface area contributed by atoms with Crippen molar-refractivity contribution in [3.8, 4) is 5.69 Å². The molecule has 0 spiro atoms. The van der Waals surface area contributed by atoms with Gasteiger partial charge in [0.2, 0.25) is 0 Å². The van der Waals surface area contributed by atoms with Crippen LogP contribution in [0.4, 0.5) is 0 Å². The van der Waals surface area contributed by atoms with Crippen LogP contribution in [0.3, 0.4) is 0 Å². The molecule has 0 bridgehead atoms. The molecular weight excluding hydrogens is 339 g/mol. The van der Waals surface area contributed by atoms with E-state index in [1.165, 1.54) is 16.3 Å². The van der Waals surface area contributed by atoms with Crippen molar-refractivity contribution in [2.45, 2.75) is 12.1 Å². The van der Waals surface area contributed by atoms with E-state index >= 15 is 0 Å². The predicted octanol–water partition coefficient (Wildman–Crippen LogP) is 4.80. The van der Waals surface area contributed by atoms with E-state index in [1.54, 1.807) is 24.3 Å². The molecule has 3 aromatic rings. The Balaban J connectivity index is 2.40. The zero-order valence-corrected chi connectivity index (χ0v) is 14.0. The number of fused-ring (bicyclic) bond motifs is 1. The first-order valence-corrected chi connectivity index (χ1v) is 8.46. The van der Waals surface area contributed by atoms with Crippen molar-refractivity contribution in [2.75, 3.05) is 5.75 Å². The molecule has 0 unspecified atom stereocenters. The zero-order chi connectivity index (χ0) is 15.7. The maximum atomic E-state index is 12.9. The third-order valence-electron chi connectivity index (χ3n) is 3.17. The average Bonchev–Trinajstić information content (AvgIpc) is 2.51. The zero-order valence-electron chi connectivity index (χ0n) is 11.7. The number of aromatic nitrogens is 2. The molecule has 0 aliphatic heterocycles. The lowest BCUT2D eigenvalue weighted by Gasteiger charge is -2.14. The van der Waals surface area contributed by atoms with E-state index < -0.39 is 0 Å². The lowest BCUT2D eigenvalue weighted by Crippen LogP contribution is -2.22. The number of benzene rings is 2. The molecule has 0 amide bonds. The fraction of sp³-hybridized carbons (Fsp3) is 0.125. The number of thioether (sulfide) groups is 1. The van der Waals surface area contributed by atoms with Crippen molar-refractivity contribution in [2.24, 2.45) is 0 Å². The summed E-state index contributed by atoms with van der Waals surface area (Å²) in [6, 6.07) is 12.3. The molecule has 0 saturated carbocycles. The predicted molar refractivity (Wildman–Crippen MR) is 93.8 cm³/mol. The molecule has 0 N–H and O–H groups in total. The first kappa shape index (κ1) is 15.4. The Morgan fingerprint density at radius 1 is 1.18 bits per heavy atom. The SMILES string of the molecule is CCSc1nc2ccccc2c(=O)n1-c1cc(Cl)ccc1Cl. The molecule has 0 aliphatic carbocycles. The second kappa shape index (κ2) is 6.32. The van der Waals surface area contributed by atoms with Crippen LogP contribution in [0.5, 0.6) is 0 Å². The second-order valence-electron chi connectivity index (χ2n) is 4.58. The minimum Gasteiger partial charge on any atom is -0.268 e. The Labute approximate surface area is 141 Å². The summed E-state index contributed by atoms with van der Waals surface area (Å²) in [7, 11) is 0. The monoisotopic (exact) mass is 350 g/mol. The van der Waals surface area contributed by atoms with Crippen molar-refractivity contribution in [3.05, 3.63) is 62.9 Å². The van der Waals surface area contributed by atoms with Gasteiger partial charge in [-0.3, -0.25) is 9.36 Å². The normalized spacial score (nSPS) is 11.0. The number of para-hydroxylation sites is 1. The lowest BCUT2D eigenvalue weighted by atomic mass is 10.2. The van der Waals surface area contributed by atoms with Crippen LogP contribution >= 0.6 is 35.0 Å². The summed E-state index contributed by atoms with van der Waals surface area (Å²) in [5, 5.41) is 2.14. The van der Waals surface area contributed by atoms with Gasteiger partial charge in [0.15, 0.2) is 5.16 Å². The van der Waals surface area contributed by atoms with Crippen molar-refractivity contribution in [1.82, 2.24) is 9.55 Å². The Morgan fingerprint density at radius 2 is 1.95 bits per heavy atom. The fourth-order valence-corrected chi connectivity index (χ4v) is 3.31. The van der Waals surface area contributed by atoms with Crippen molar-refractivity contribution in [1.29, 1.82) is 0 Å². The van der Waals surface area contributed by atoms with Crippen LogP contribution < -0.4 is 5.56 Å². The van der Waals surface area contributed by atoms with Gasteiger partial charge in [-0.05, 0) is 36.1 Å². The molecule has 0 radical (unpaired) electrons. The van der Waals surface area contributed by atoms with Crippen LogP contribution in [0.2, 0.25) is 10.0 Å². The highest BCUT2D eigenvalue weighted by atomic mass is 35.5. The molecule has 3 nitrogen and oxygen atoms in total. The number of hydrogen-bond acceptors (Lipinski definition) is 3. The molecule has 0 atom stereocenters. The quantitative estimate of drug-likeness (QED) is 0.502. The van der Waals surface area contributed by atoms with E-state index in [1.807, 2.05) is 25.1 Å². The topological polar surface area (TPSA) is 34.9 Å². The minimum atomic E-state index is -0.147. The highest BCUT2D eigenvalue weighted by Gasteiger charge is 2.15. The molecule has 2 aromatic carbocycles. The van der Waals surface area contributed by atoms with E-state index in [9.17, 15) is 4.79 Å². The van der Waals surface area contributed by atoms with Gasteiger partial charge in [0.05, 0.1) is 21.6 Å². The van der Waals surface area contributed by atoms with Crippen molar-refractivity contribution >= 4 is 45.9 Å². The van der Waals surface area contributed by atoms with Crippen LogP contribution in [0.25, 0.3) is 16.6 Å². The van der Waals surface area contributed by atoms with Gasteiger partial charge in [-0.1, -0.05) is 54.0 Å². The molecular formula is C16H12Cl2N2OS. The Bertz CT molecular complexity index is 908. The summed E-state index contributed by atoms with van der Waals surface area (Å²) >= 11 is 13.8. The summed E-state index contributed by atoms with van der Waals surface area (Å²) < 4.78 is 1.53. The first-order chi connectivity index (χ1) is 10.6. The Morgan fingerprint density at radius 3 is 2.73 bits per heavy atom. The number of nitrogens with zero attached hydrogens (tertiary/aromatic N) is 2. The van der Waals surface area contributed by atoms with Gasteiger partial charge in [-0.2, -0.15) is 0 Å². The average molecular weight is 351 g/mol. The van der Waals surface area contributed by atoms with Crippen LogP contribution in [0.1, 0.15) is 6.92 Å². The van der Waals surface area contributed by atoms with Crippen LogP contribution in [-0.4, -0.2) is 15.3 Å². The fourth-order valence-electron chi connectivity index (χ4n) is 2.21. The summed E-state index contributed by atoms with van der Waals surface area (Å²) in [4.78, 5) is 17.5. The summed E-state index contributed by atoms with van der Waals surface area (Å²) in [6.07, 6.45) is 0. The largest absolute Gasteiger partial charge is 0.268 e. The minimum absolute atomic E-state index is 0.147. The number of halogens is 2. The van der Waals surface area contributed by atoms with E-state index in [0.29, 0.717) is 31.8 Å². The van der Waals surface area contributed by atoms with E-state index in [0.717, 1.165) is 5.75 Å². The van der Waals surface area contributed by atoms with E-state index in [2.05, 4.69) is 4.98 Å². The smallest absolute Gasteiger partial charge is 0.266 e. The molecule has 1 aromatic heterocycles. The summed E-state index contributed by atoms with van der Waals surface area (Å²) in [5.74, 6) is 0.795. The molecule has 3 rings (SSSR count). The van der Waals surface area contributed by atoms with E-state index in [4.69, 9.17) is 23.2 Å². The van der Waals surface area contributed by atoms with Crippen LogP contribution in [-0.2, 0) is 0 Å². The summed E-state index contributed by atoms with van der Waals surface area (Å²) in [6.45, 7) is 2.01. The summed E-state index contributed by atoms with van der Waals surface area (Å²) in [5.41, 5.74) is 1.08. The van der Waals surface area contributed by atoms with E-state index in [-0.39, 0.29) is 5.56 Å². The van der Waals surface area contributed by atoms with Crippen molar-refractivity contribution < 1.29 is 0 Å². The van der Waals surface area contributed by atoms with Crippen molar-refractivity contribution in [3.63, 3.8) is 0 Å². The Hall–Kier alpha value is -1.49. The van der Waals surface area contributed by atoms with Gasteiger partial charge in [0.1, 0.15) is 0 Å². The number of rotatable bonds is 3. The molecule has 0 fully saturated rings. The van der Waals surface area contributed by atoms with Gasteiger partial charge in [-0.25, -0.2) is 4.98 Å². The lowest BCUT2D eigenvalue weighted by molar-refractivity contribution is 0.820.